The summed E-state index contributed by atoms with van der Waals surface area (Å²) in [5.74, 6) is 1.21. The topological polar surface area (TPSA) is 29.5 Å². The molecule has 0 bridgehead atoms. The van der Waals surface area contributed by atoms with Gasteiger partial charge in [-0.25, -0.2) is 0 Å². The van der Waals surface area contributed by atoms with E-state index in [-0.39, 0.29) is 6.61 Å². The average molecular weight is 235 g/mol. The predicted octanol–water partition coefficient (Wildman–Crippen LogP) is 3.62. The van der Waals surface area contributed by atoms with Gasteiger partial charge in [0.15, 0.2) is 5.75 Å². The smallest absolute Gasteiger partial charge is 0.151 e. The molecular weight excluding hydrogens is 224 g/mol. The third kappa shape index (κ3) is 2.35. The van der Waals surface area contributed by atoms with Crippen LogP contribution in [0.4, 0.5) is 0 Å². The van der Waals surface area contributed by atoms with Crippen molar-refractivity contribution in [1.82, 2.24) is 0 Å². The second-order valence-electron chi connectivity index (χ2n) is 3.30. The van der Waals surface area contributed by atoms with Gasteiger partial charge >= 0.3 is 0 Å². The van der Waals surface area contributed by atoms with Gasteiger partial charge in [0.05, 0.1) is 11.6 Å². The van der Waals surface area contributed by atoms with E-state index in [1.54, 1.807) is 18.2 Å². The van der Waals surface area contributed by atoms with Crippen molar-refractivity contribution in [2.45, 2.75) is 6.61 Å². The third-order valence-corrected chi connectivity index (χ3v) is 2.48. The molecule has 0 fully saturated rings. The van der Waals surface area contributed by atoms with Gasteiger partial charge in [0.2, 0.25) is 0 Å². The minimum Gasteiger partial charge on any atom is -0.455 e. The van der Waals surface area contributed by atoms with Crippen LogP contribution in [0.25, 0.3) is 0 Å². The minimum absolute atomic E-state index is 0.0945. The summed E-state index contributed by atoms with van der Waals surface area (Å²) in [5.41, 5.74) is 0.677. The lowest BCUT2D eigenvalue weighted by atomic mass is 10.2. The van der Waals surface area contributed by atoms with Crippen molar-refractivity contribution < 1.29 is 9.84 Å². The molecule has 0 spiro atoms. The van der Waals surface area contributed by atoms with Crippen molar-refractivity contribution in [2.75, 3.05) is 0 Å². The van der Waals surface area contributed by atoms with Gasteiger partial charge in [0, 0.05) is 5.56 Å². The Morgan fingerprint density at radius 3 is 2.44 bits per heavy atom. The molecule has 2 aromatic rings. The summed E-state index contributed by atoms with van der Waals surface area (Å²) in [6.45, 7) is -0.0945. The zero-order chi connectivity index (χ0) is 11.4. The summed E-state index contributed by atoms with van der Waals surface area (Å²) in [5, 5.41) is 9.68. The summed E-state index contributed by atoms with van der Waals surface area (Å²) in [4.78, 5) is 0. The molecule has 2 aromatic carbocycles. The van der Waals surface area contributed by atoms with Gasteiger partial charge in [-0.05, 0) is 18.2 Å². The van der Waals surface area contributed by atoms with Crippen molar-refractivity contribution in [3.8, 4) is 11.5 Å². The number of halogens is 1. The van der Waals surface area contributed by atoms with E-state index in [9.17, 15) is 5.11 Å². The lowest BCUT2D eigenvalue weighted by Crippen LogP contribution is -1.92. The number of hydrogen-bond donors (Lipinski definition) is 1. The Morgan fingerprint density at radius 2 is 1.75 bits per heavy atom. The first-order valence-electron chi connectivity index (χ1n) is 4.92. The Kier molecular flexibility index (Phi) is 3.44. The van der Waals surface area contributed by atoms with Crippen LogP contribution < -0.4 is 4.74 Å². The third-order valence-electron chi connectivity index (χ3n) is 2.18. The van der Waals surface area contributed by atoms with Gasteiger partial charge in [-0.1, -0.05) is 41.9 Å². The number of para-hydroxylation sites is 2. The van der Waals surface area contributed by atoms with E-state index in [0.717, 1.165) is 0 Å². The van der Waals surface area contributed by atoms with Crippen LogP contribution in [-0.2, 0) is 6.61 Å². The molecule has 0 radical (unpaired) electrons. The van der Waals surface area contributed by atoms with E-state index >= 15 is 0 Å². The molecule has 1 N–H and O–H groups in total. The number of hydrogen-bond acceptors (Lipinski definition) is 2. The van der Waals surface area contributed by atoms with Crippen molar-refractivity contribution >= 4 is 11.6 Å². The Morgan fingerprint density at radius 1 is 1.00 bits per heavy atom. The molecule has 0 saturated heterocycles. The summed E-state index contributed by atoms with van der Waals surface area (Å²) in [6.07, 6.45) is 0. The maximum absolute atomic E-state index is 9.18. The Balaban J connectivity index is 2.34. The van der Waals surface area contributed by atoms with Crippen LogP contribution in [-0.4, -0.2) is 5.11 Å². The van der Waals surface area contributed by atoms with E-state index in [1.807, 2.05) is 30.3 Å². The molecule has 0 aliphatic carbocycles. The molecule has 16 heavy (non-hydrogen) atoms. The predicted molar refractivity (Wildman–Crippen MR) is 63.9 cm³/mol. The fraction of sp³-hybridized carbons (Fsp3) is 0.0769. The van der Waals surface area contributed by atoms with Crippen LogP contribution in [0.5, 0.6) is 11.5 Å². The highest BCUT2D eigenvalue weighted by molar-refractivity contribution is 6.32. The van der Waals surface area contributed by atoms with Crippen LogP contribution in [0.3, 0.4) is 0 Å². The van der Waals surface area contributed by atoms with Crippen molar-refractivity contribution in [1.29, 1.82) is 0 Å². The Bertz CT molecular complexity index is 469. The quantitative estimate of drug-likeness (QED) is 0.879. The molecule has 0 heterocycles. The normalized spacial score (nSPS) is 10.1. The average Bonchev–Trinajstić information content (AvgIpc) is 2.33. The second kappa shape index (κ2) is 5.01. The molecule has 2 rings (SSSR count). The zero-order valence-electron chi connectivity index (χ0n) is 8.56. The maximum Gasteiger partial charge on any atom is 0.151 e. The van der Waals surface area contributed by atoms with Crippen LogP contribution in [0.1, 0.15) is 5.56 Å². The SMILES string of the molecule is OCc1cccc(Cl)c1Oc1ccccc1. The van der Waals surface area contributed by atoms with Crippen LogP contribution in [0.2, 0.25) is 5.02 Å². The number of aliphatic hydroxyl groups is 1. The standard InChI is InChI=1S/C13H11ClO2/c14-12-8-4-5-10(9-15)13(12)16-11-6-2-1-3-7-11/h1-8,15H,9H2. The van der Waals surface area contributed by atoms with Gasteiger partial charge in [0.25, 0.3) is 0 Å². The number of ether oxygens (including phenoxy) is 1. The largest absolute Gasteiger partial charge is 0.455 e. The van der Waals surface area contributed by atoms with Crippen LogP contribution >= 0.6 is 11.6 Å². The lowest BCUT2D eigenvalue weighted by Gasteiger charge is -2.11. The number of aliphatic hydroxyl groups excluding tert-OH is 1. The highest BCUT2D eigenvalue weighted by atomic mass is 35.5. The molecule has 0 aliphatic rings. The van der Waals surface area contributed by atoms with Gasteiger partial charge in [0.1, 0.15) is 5.75 Å². The first-order valence-corrected chi connectivity index (χ1v) is 5.30. The lowest BCUT2D eigenvalue weighted by molar-refractivity contribution is 0.276. The molecule has 82 valence electrons. The maximum atomic E-state index is 9.18. The monoisotopic (exact) mass is 234 g/mol. The first-order chi connectivity index (χ1) is 7.81. The highest BCUT2D eigenvalue weighted by Crippen LogP contribution is 2.32. The summed E-state index contributed by atoms with van der Waals surface area (Å²) < 4.78 is 5.64. The molecule has 0 aliphatic heterocycles. The number of rotatable bonds is 3. The summed E-state index contributed by atoms with van der Waals surface area (Å²) in [6, 6.07) is 14.6. The second-order valence-corrected chi connectivity index (χ2v) is 3.71. The molecule has 0 atom stereocenters. The van der Waals surface area contributed by atoms with Gasteiger partial charge in [-0.15, -0.1) is 0 Å². The molecular formula is C13H11ClO2. The van der Waals surface area contributed by atoms with Crippen molar-refractivity contribution in [3.63, 3.8) is 0 Å². The van der Waals surface area contributed by atoms with E-state index in [4.69, 9.17) is 16.3 Å². The molecule has 2 nitrogen and oxygen atoms in total. The highest BCUT2D eigenvalue weighted by Gasteiger charge is 2.08. The van der Waals surface area contributed by atoms with Crippen molar-refractivity contribution in [3.05, 3.63) is 59.1 Å². The minimum atomic E-state index is -0.0945. The first kappa shape index (κ1) is 11.0. The van der Waals surface area contributed by atoms with Gasteiger partial charge in [-0.3, -0.25) is 0 Å². The van der Waals surface area contributed by atoms with Crippen LogP contribution in [0.15, 0.2) is 48.5 Å². The molecule has 0 saturated carbocycles. The fourth-order valence-electron chi connectivity index (χ4n) is 1.40. The fourth-order valence-corrected chi connectivity index (χ4v) is 1.63. The van der Waals surface area contributed by atoms with E-state index in [0.29, 0.717) is 22.1 Å². The van der Waals surface area contributed by atoms with Crippen LogP contribution in [0, 0.1) is 0 Å². The van der Waals surface area contributed by atoms with Crippen molar-refractivity contribution in [2.24, 2.45) is 0 Å². The molecule has 0 aromatic heterocycles. The summed E-state index contributed by atoms with van der Waals surface area (Å²) >= 11 is 6.02. The van der Waals surface area contributed by atoms with E-state index in [1.165, 1.54) is 0 Å². The molecule has 0 amide bonds. The number of benzene rings is 2. The molecule has 3 heteroatoms. The van der Waals surface area contributed by atoms with Gasteiger partial charge < -0.3 is 9.84 Å². The summed E-state index contributed by atoms with van der Waals surface area (Å²) in [7, 11) is 0. The Hall–Kier alpha value is -1.51. The zero-order valence-corrected chi connectivity index (χ0v) is 9.32. The van der Waals surface area contributed by atoms with E-state index < -0.39 is 0 Å². The molecule has 0 unspecified atom stereocenters. The Labute approximate surface area is 99.1 Å². The van der Waals surface area contributed by atoms with E-state index in [2.05, 4.69) is 0 Å². The van der Waals surface area contributed by atoms with Gasteiger partial charge in [-0.2, -0.15) is 0 Å².